The molecule has 0 fully saturated rings. The number of rotatable bonds is 5. The zero-order valence-corrected chi connectivity index (χ0v) is 17.7. The number of hydrogen-bond acceptors (Lipinski definition) is 6. The minimum atomic E-state index is -0.478. The van der Waals surface area contributed by atoms with Crippen LogP contribution in [0.25, 0.3) is 5.57 Å². The Labute approximate surface area is 171 Å². The lowest BCUT2D eigenvalue weighted by atomic mass is 9.86. The third kappa shape index (κ3) is 4.13. The second-order valence-electron chi connectivity index (χ2n) is 8.20. The van der Waals surface area contributed by atoms with Gasteiger partial charge in [-0.25, -0.2) is 4.98 Å². The van der Waals surface area contributed by atoms with Gasteiger partial charge in [-0.2, -0.15) is 5.10 Å². The summed E-state index contributed by atoms with van der Waals surface area (Å²) in [4.78, 5) is 16.7. The van der Waals surface area contributed by atoms with E-state index in [1.54, 1.807) is 6.21 Å². The van der Waals surface area contributed by atoms with Gasteiger partial charge in [0, 0.05) is 23.4 Å². The van der Waals surface area contributed by atoms with Crippen LogP contribution in [0.15, 0.2) is 41.6 Å². The van der Waals surface area contributed by atoms with Gasteiger partial charge in [0.1, 0.15) is 12.0 Å². The Morgan fingerprint density at radius 3 is 2.59 bits per heavy atom. The van der Waals surface area contributed by atoms with Crippen molar-refractivity contribution < 1.29 is 4.92 Å². The maximum atomic E-state index is 10.7. The number of hydrazone groups is 1. The molecule has 1 aromatic heterocycles. The number of hydrogen-bond donors (Lipinski definition) is 1. The highest BCUT2D eigenvalue weighted by molar-refractivity contribution is 5.89. The smallest absolute Gasteiger partial charge is 0.287 e. The molecule has 29 heavy (non-hydrogen) atoms. The molecule has 0 atom stereocenters. The predicted molar refractivity (Wildman–Crippen MR) is 119 cm³/mol. The Morgan fingerprint density at radius 1 is 1.28 bits per heavy atom. The SMILES string of the molecule is CC1=CC(C)(C)N(C(C)C)c2cc(C)c(/C=N\Nc3ccc([N+](=O)[O-])cn3)cc21. The van der Waals surface area contributed by atoms with Gasteiger partial charge in [0.05, 0.1) is 16.7 Å². The van der Waals surface area contributed by atoms with E-state index in [2.05, 4.69) is 80.2 Å². The summed E-state index contributed by atoms with van der Waals surface area (Å²) in [7, 11) is 0. The molecule has 2 aromatic rings. The fourth-order valence-electron chi connectivity index (χ4n) is 4.02. The Kier molecular flexibility index (Phi) is 5.42. The maximum absolute atomic E-state index is 10.7. The standard InChI is InChI=1S/C22H27N5O2/c1-14(2)26-20-9-15(3)17(10-19(20)16(4)11-22(26,5)6)12-24-25-21-8-7-18(13-23-21)27(28)29/h7-14H,1-6H3,(H,23,25)/b24-12-. The molecule has 1 aliphatic heterocycles. The number of nitrogens with one attached hydrogen (secondary N) is 1. The molecular formula is C22H27N5O2. The van der Waals surface area contributed by atoms with E-state index in [9.17, 15) is 10.1 Å². The van der Waals surface area contributed by atoms with Crippen molar-refractivity contribution in [1.29, 1.82) is 0 Å². The van der Waals surface area contributed by atoms with Crippen LogP contribution in [0, 0.1) is 17.0 Å². The van der Waals surface area contributed by atoms with Gasteiger partial charge >= 0.3 is 0 Å². The van der Waals surface area contributed by atoms with Gasteiger partial charge in [0.25, 0.3) is 5.69 Å². The molecule has 0 amide bonds. The Hall–Kier alpha value is -3.22. The number of pyridine rings is 1. The lowest BCUT2D eigenvalue weighted by molar-refractivity contribution is -0.385. The summed E-state index contributed by atoms with van der Waals surface area (Å²) >= 11 is 0. The molecule has 0 unspecified atom stereocenters. The fraction of sp³-hybridized carbons (Fsp3) is 0.364. The summed E-state index contributed by atoms with van der Waals surface area (Å²) in [6, 6.07) is 7.69. The molecule has 0 saturated heterocycles. The highest BCUT2D eigenvalue weighted by atomic mass is 16.6. The number of aromatic nitrogens is 1. The second kappa shape index (κ2) is 7.66. The number of benzene rings is 1. The van der Waals surface area contributed by atoms with Crippen molar-refractivity contribution >= 4 is 29.0 Å². The normalized spacial score (nSPS) is 15.4. The van der Waals surface area contributed by atoms with E-state index in [1.807, 2.05) is 0 Å². The average Bonchev–Trinajstić information content (AvgIpc) is 2.62. The highest BCUT2D eigenvalue weighted by Crippen LogP contribution is 2.41. The molecule has 7 heteroatoms. The molecule has 1 N–H and O–H groups in total. The van der Waals surface area contributed by atoms with Gasteiger partial charge in [-0.3, -0.25) is 15.5 Å². The van der Waals surface area contributed by atoms with Gasteiger partial charge in [0.15, 0.2) is 0 Å². The first kappa shape index (κ1) is 20.5. The molecule has 0 aliphatic carbocycles. The summed E-state index contributed by atoms with van der Waals surface area (Å²) in [5.74, 6) is 0.450. The van der Waals surface area contributed by atoms with Crippen molar-refractivity contribution in [1.82, 2.24) is 4.98 Å². The van der Waals surface area contributed by atoms with E-state index in [0.717, 1.165) is 11.1 Å². The second-order valence-corrected chi connectivity index (χ2v) is 8.20. The fourth-order valence-corrected chi connectivity index (χ4v) is 4.02. The molecule has 3 rings (SSSR count). The van der Waals surface area contributed by atoms with Crippen LogP contribution in [-0.4, -0.2) is 27.7 Å². The van der Waals surface area contributed by atoms with E-state index >= 15 is 0 Å². The van der Waals surface area contributed by atoms with E-state index in [1.165, 1.54) is 35.2 Å². The zero-order chi connectivity index (χ0) is 21.3. The minimum Gasteiger partial charge on any atom is -0.360 e. The van der Waals surface area contributed by atoms with Crippen molar-refractivity contribution in [2.24, 2.45) is 5.10 Å². The third-order valence-corrected chi connectivity index (χ3v) is 5.12. The maximum Gasteiger partial charge on any atom is 0.287 e. The van der Waals surface area contributed by atoms with Gasteiger partial charge in [-0.1, -0.05) is 6.08 Å². The van der Waals surface area contributed by atoms with Crippen molar-refractivity contribution in [2.45, 2.75) is 53.1 Å². The molecule has 0 radical (unpaired) electrons. The molecule has 0 spiro atoms. The summed E-state index contributed by atoms with van der Waals surface area (Å²) in [6.07, 6.45) is 5.27. The van der Waals surface area contributed by atoms with Crippen LogP contribution in [0.3, 0.4) is 0 Å². The van der Waals surface area contributed by atoms with Crippen LogP contribution < -0.4 is 10.3 Å². The molecule has 2 heterocycles. The minimum absolute atomic E-state index is 0.0452. The molecule has 0 saturated carbocycles. The summed E-state index contributed by atoms with van der Waals surface area (Å²) < 4.78 is 0. The van der Waals surface area contributed by atoms with E-state index in [4.69, 9.17) is 0 Å². The Morgan fingerprint density at radius 2 is 2.00 bits per heavy atom. The summed E-state index contributed by atoms with van der Waals surface area (Å²) in [5.41, 5.74) is 8.57. The van der Waals surface area contributed by atoms with Crippen molar-refractivity contribution in [2.75, 3.05) is 10.3 Å². The number of fused-ring (bicyclic) bond motifs is 1. The number of allylic oxidation sites excluding steroid dienone is 1. The monoisotopic (exact) mass is 393 g/mol. The lowest BCUT2D eigenvalue weighted by Crippen LogP contribution is -2.49. The molecule has 7 nitrogen and oxygen atoms in total. The van der Waals surface area contributed by atoms with Gasteiger partial charge < -0.3 is 4.90 Å². The van der Waals surface area contributed by atoms with E-state index in [-0.39, 0.29) is 11.2 Å². The molecule has 152 valence electrons. The predicted octanol–water partition coefficient (Wildman–Crippen LogP) is 5.15. The van der Waals surface area contributed by atoms with Crippen molar-refractivity contribution in [3.8, 4) is 0 Å². The van der Waals surface area contributed by atoms with Gasteiger partial charge in [-0.05, 0) is 76.4 Å². The summed E-state index contributed by atoms with van der Waals surface area (Å²) in [6.45, 7) is 13.1. The topological polar surface area (TPSA) is 83.7 Å². The van der Waals surface area contributed by atoms with E-state index < -0.39 is 4.92 Å². The van der Waals surface area contributed by atoms with Crippen LogP contribution in [0.4, 0.5) is 17.2 Å². The zero-order valence-electron chi connectivity index (χ0n) is 17.7. The molecule has 1 aromatic carbocycles. The van der Waals surface area contributed by atoms with Crippen LogP contribution in [-0.2, 0) is 0 Å². The number of aryl methyl sites for hydroxylation is 1. The Bertz CT molecular complexity index is 991. The summed E-state index contributed by atoms with van der Waals surface area (Å²) in [5, 5.41) is 15.0. The van der Waals surface area contributed by atoms with Gasteiger partial charge in [0.2, 0.25) is 0 Å². The van der Waals surface area contributed by atoms with E-state index in [0.29, 0.717) is 11.9 Å². The largest absolute Gasteiger partial charge is 0.360 e. The number of nitrogens with zero attached hydrogens (tertiary/aromatic N) is 4. The lowest BCUT2D eigenvalue weighted by Gasteiger charge is -2.46. The van der Waals surface area contributed by atoms with Crippen LogP contribution >= 0.6 is 0 Å². The average molecular weight is 393 g/mol. The first-order chi connectivity index (χ1) is 13.6. The highest BCUT2D eigenvalue weighted by Gasteiger charge is 2.33. The first-order valence-corrected chi connectivity index (χ1v) is 9.63. The van der Waals surface area contributed by atoms with Crippen LogP contribution in [0.2, 0.25) is 0 Å². The molecule has 1 aliphatic rings. The van der Waals surface area contributed by atoms with Crippen molar-refractivity contribution in [3.05, 3.63) is 63.3 Å². The quantitative estimate of drug-likeness (QED) is 0.431. The molecular weight excluding hydrogens is 366 g/mol. The number of anilines is 2. The number of nitro groups is 1. The van der Waals surface area contributed by atoms with Crippen LogP contribution in [0.5, 0.6) is 0 Å². The third-order valence-electron chi connectivity index (χ3n) is 5.12. The van der Waals surface area contributed by atoms with Crippen molar-refractivity contribution in [3.63, 3.8) is 0 Å². The Balaban J connectivity index is 1.88. The van der Waals surface area contributed by atoms with Crippen LogP contribution in [0.1, 0.15) is 51.3 Å². The molecule has 0 bridgehead atoms. The van der Waals surface area contributed by atoms with Gasteiger partial charge in [-0.15, -0.1) is 0 Å². The first-order valence-electron chi connectivity index (χ1n) is 9.63.